The van der Waals surface area contributed by atoms with Crippen LogP contribution in [0.15, 0.2) is 36.0 Å². The lowest BCUT2D eigenvalue weighted by molar-refractivity contribution is -0.157. The molecule has 2 aliphatic carbocycles. The van der Waals surface area contributed by atoms with E-state index in [1.807, 2.05) is 39.0 Å². The van der Waals surface area contributed by atoms with Crippen LogP contribution in [-0.2, 0) is 28.5 Å². The molecular formula is C40H66N2O9. The fourth-order valence-electron chi connectivity index (χ4n) is 8.89. The van der Waals surface area contributed by atoms with Gasteiger partial charge in [-0.25, -0.2) is 0 Å². The van der Waals surface area contributed by atoms with Gasteiger partial charge < -0.3 is 39.6 Å². The maximum absolute atomic E-state index is 12.9. The van der Waals surface area contributed by atoms with Gasteiger partial charge in [0.1, 0.15) is 17.8 Å². The lowest BCUT2D eigenvalue weighted by Gasteiger charge is -2.37. The Bertz CT molecular complexity index is 1250. The Kier molecular flexibility index (Phi) is 14.5. The zero-order chi connectivity index (χ0) is 37.6. The number of aliphatic hydroxyl groups is 3. The van der Waals surface area contributed by atoms with Gasteiger partial charge in [-0.15, -0.1) is 0 Å². The normalized spacial score (nSPS) is 37.2. The summed E-state index contributed by atoms with van der Waals surface area (Å²) in [7, 11) is 1.79. The maximum Gasteiger partial charge on any atom is 0.309 e. The zero-order valence-corrected chi connectivity index (χ0v) is 32.3. The molecular weight excluding hydrogens is 652 g/mol. The van der Waals surface area contributed by atoms with Crippen LogP contribution in [0.3, 0.4) is 0 Å². The highest BCUT2D eigenvalue weighted by molar-refractivity contribution is 5.70. The van der Waals surface area contributed by atoms with Crippen LogP contribution in [0.25, 0.3) is 0 Å². The summed E-state index contributed by atoms with van der Waals surface area (Å²) in [6.07, 6.45) is 9.60. The van der Waals surface area contributed by atoms with Gasteiger partial charge in [-0.05, 0) is 101 Å². The molecule has 3 fully saturated rings. The summed E-state index contributed by atoms with van der Waals surface area (Å²) in [5.74, 6) is 0.0409. The van der Waals surface area contributed by atoms with E-state index < -0.39 is 41.5 Å². The van der Waals surface area contributed by atoms with Gasteiger partial charge in [0, 0.05) is 39.1 Å². The Hall–Kier alpha value is -2.12. The van der Waals surface area contributed by atoms with Crippen molar-refractivity contribution in [2.75, 3.05) is 46.5 Å². The maximum atomic E-state index is 12.9. The van der Waals surface area contributed by atoms with Gasteiger partial charge in [-0.1, -0.05) is 45.1 Å². The van der Waals surface area contributed by atoms with Crippen molar-refractivity contribution in [1.29, 1.82) is 0 Å². The van der Waals surface area contributed by atoms with Crippen LogP contribution >= 0.6 is 0 Å². The molecule has 12 atom stereocenters. The molecule has 11 nitrogen and oxygen atoms in total. The molecule has 0 bridgehead atoms. The summed E-state index contributed by atoms with van der Waals surface area (Å²) in [4.78, 5) is 27.2. The fraction of sp³-hybridized carbons (Fsp3) is 0.800. The summed E-state index contributed by atoms with van der Waals surface area (Å²) in [5, 5.41) is 37.6. The van der Waals surface area contributed by atoms with Crippen molar-refractivity contribution in [2.45, 2.75) is 129 Å². The summed E-state index contributed by atoms with van der Waals surface area (Å²) in [6.45, 7) is 18.2. The van der Waals surface area contributed by atoms with Gasteiger partial charge >= 0.3 is 11.9 Å². The van der Waals surface area contributed by atoms with Crippen molar-refractivity contribution in [3.05, 3.63) is 36.0 Å². The van der Waals surface area contributed by atoms with Gasteiger partial charge in [0.05, 0.1) is 37.4 Å². The van der Waals surface area contributed by atoms with Gasteiger partial charge in [0.2, 0.25) is 0 Å². The molecule has 0 spiro atoms. The van der Waals surface area contributed by atoms with E-state index in [2.05, 4.69) is 24.1 Å². The number of aliphatic hydroxyl groups excluding tert-OH is 1. The van der Waals surface area contributed by atoms with E-state index >= 15 is 0 Å². The van der Waals surface area contributed by atoms with E-state index in [1.165, 1.54) is 6.92 Å². The minimum atomic E-state index is -1.44. The number of cyclic esters (lactones) is 1. The lowest BCUT2D eigenvalue weighted by Crippen LogP contribution is -2.53. The SMILES string of the molecule is CC[C@H](OC)[C@@H](C)[C@H]1C2C[C@]21C(NCCCN1CCOCC1)C(C)(O)/C=C/C=C(\C)[C@H]1OC(=O)C[C@H](O)CC[C@@](C)(O)[C@@H](OC(C)=O)/C=C/[C@@H]1C. The number of hydrogen-bond acceptors (Lipinski definition) is 11. The van der Waals surface area contributed by atoms with Crippen LogP contribution in [0, 0.1) is 29.1 Å². The quantitative estimate of drug-likeness (QED) is 0.0845. The molecule has 11 heteroatoms. The van der Waals surface area contributed by atoms with Crippen molar-refractivity contribution in [3.63, 3.8) is 0 Å². The third-order valence-corrected chi connectivity index (χ3v) is 12.0. The molecule has 2 saturated carbocycles. The number of carbonyl (C=O) groups excluding carboxylic acids is 2. The highest BCUT2D eigenvalue weighted by Gasteiger charge is 2.83. The molecule has 1 saturated heterocycles. The van der Waals surface area contributed by atoms with Gasteiger partial charge in [0.15, 0.2) is 0 Å². The molecule has 0 aromatic heterocycles. The van der Waals surface area contributed by atoms with E-state index in [9.17, 15) is 24.9 Å². The average molecular weight is 719 g/mol. The van der Waals surface area contributed by atoms with Crippen LogP contribution in [-0.4, -0.2) is 120 Å². The number of allylic oxidation sites excluding steroid dienone is 2. The third-order valence-electron chi connectivity index (χ3n) is 12.0. The van der Waals surface area contributed by atoms with Crippen LogP contribution in [0.2, 0.25) is 0 Å². The molecule has 290 valence electrons. The van der Waals surface area contributed by atoms with Crippen LogP contribution in [0.5, 0.6) is 0 Å². The Balaban J connectivity index is 1.53. The first kappa shape index (κ1) is 41.6. The van der Waals surface area contributed by atoms with Crippen molar-refractivity contribution in [2.24, 2.45) is 29.1 Å². The molecule has 0 amide bonds. The minimum absolute atomic E-state index is 0.0276. The van der Waals surface area contributed by atoms with E-state index in [0.717, 1.165) is 64.2 Å². The second-order valence-electron chi connectivity index (χ2n) is 16.1. The van der Waals surface area contributed by atoms with Crippen molar-refractivity contribution in [1.82, 2.24) is 10.2 Å². The van der Waals surface area contributed by atoms with Gasteiger partial charge in [-0.3, -0.25) is 14.5 Å². The standard InChI is InChI=1S/C40H66N2O9/c1-9-32(48-8)28(4)35-31-25-40(31,35)37(41-18-11-19-42-20-22-49-23-21-42)39(7,47)16-10-12-26(2)36-27(3)13-14-33(50-29(5)43)38(6,46)17-15-30(44)24-34(45)51-36/h10,12-14,16,27-28,30-33,35-37,41,44,46-47H,9,11,15,17-25H2,1-8H3/b14-13+,16-10+,26-12+/t27-,28+,30+,31?,32-,33-,35-,36+,37?,38+,39?,40-/m0/s1. The lowest BCUT2D eigenvalue weighted by atomic mass is 9.79. The molecule has 0 aromatic rings. The van der Waals surface area contributed by atoms with Crippen molar-refractivity contribution >= 4 is 11.9 Å². The zero-order valence-electron chi connectivity index (χ0n) is 32.3. The Morgan fingerprint density at radius 3 is 2.59 bits per heavy atom. The van der Waals surface area contributed by atoms with Crippen LogP contribution < -0.4 is 5.32 Å². The smallest absolute Gasteiger partial charge is 0.309 e. The summed E-state index contributed by atoms with van der Waals surface area (Å²) >= 11 is 0. The fourth-order valence-corrected chi connectivity index (χ4v) is 8.89. The Labute approximate surface area is 305 Å². The minimum Gasteiger partial charge on any atom is -0.457 e. The van der Waals surface area contributed by atoms with Gasteiger partial charge in [0.25, 0.3) is 0 Å². The van der Waals surface area contributed by atoms with Crippen molar-refractivity contribution < 1.29 is 43.9 Å². The predicted molar refractivity (Wildman–Crippen MR) is 196 cm³/mol. The number of morpholine rings is 1. The first-order valence-corrected chi connectivity index (χ1v) is 19.2. The Morgan fingerprint density at radius 1 is 1.25 bits per heavy atom. The van der Waals surface area contributed by atoms with Crippen LogP contribution in [0.4, 0.5) is 0 Å². The van der Waals surface area contributed by atoms with E-state index in [0.29, 0.717) is 17.8 Å². The second kappa shape index (κ2) is 17.8. The molecule has 2 aliphatic heterocycles. The first-order chi connectivity index (χ1) is 24.1. The van der Waals surface area contributed by atoms with Crippen LogP contribution in [0.1, 0.15) is 87.0 Å². The Morgan fingerprint density at radius 2 is 1.96 bits per heavy atom. The number of carbonyl (C=O) groups is 2. The van der Waals surface area contributed by atoms with E-state index in [4.69, 9.17) is 18.9 Å². The monoisotopic (exact) mass is 718 g/mol. The summed E-state index contributed by atoms with van der Waals surface area (Å²) < 4.78 is 22.7. The van der Waals surface area contributed by atoms with Gasteiger partial charge in [-0.2, -0.15) is 0 Å². The molecule has 3 unspecified atom stereocenters. The molecule has 0 radical (unpaired) electrons. The number of nitrogens with zero attached hydrogens (tertiary/aromatic N) is 1. The number of esters is 2. The van der Waals surface area contributed by atoms with E-state index in [1.54, 1.807) is 26.2 Å². The van der Waals surface area contributed by atoms with Crippen molar-refractivity contribution in [3.8, 4) is 0 Å². The molecule has 0 aromatic carbocycles. The second-order valence-corrected chi connectivity index (χ2v) is 16.1. The average Bonchev–Trinajstić information content (AvgIpc) is 3.95. The first-order valence-electron chi connectivity index (χ1n) is 19.2. The number of fused-ring (bicyclic) bond motifs is 1. The topological polar surface area (TPSA) is 147 Å². The molecule has 4 N–H and O–H groups in total. The number of nitrogens with one attached hydrogen (secondary N) is 1. The third kappa shape index (κ3) is 10.5. The largest absolute Gasteiger partial charge is 0.457 e. The highest BCUT2D eigenvalue weighted by Crippen LogP contribution is 2.84. The highest BCUT2D eigenvalue weighted by atomic mass is 16.6. The predicted octanol–water partition coefficient (Wildman–Crippen LogP) is 3.95. The number of hydrogen-bond donors (Lipinski definition) is 4. The van der Waals surface area contributed by atoms with E-state index in [-0.39, 0.29) is 42.7 Å². The number of rotatable bonds is 15. The molecule has 51 heavy (non-hydrogen) atoms. The molecule has 2 heterocycles. The summed E-state index contributed by atoms with van der Waals surface area (Å²) in [6, 6.07) is -0.139. The number of methoxy groups -OCH3 is 1. The molecule has 4 rings (SSSR count). The summed E-state index contributed by atoms with van der Waals surface area (Å²) in [5.41, 5.74) is -1.82. The molecule has 4 aliphatic rings. The number of ether oxygens (including phenoxy) is 4.